The Morgan fingerprint density at radius 3 is 2.35 bits per heavy atom. The van der Waals surface area contributed by atoms with Gasteiger partial charge in [-0.1, -0.05) is 53.5 Å². The van der Waals surface area contributed by atoms with Crippen LogP contribution in [0.3, 0.4) is 0 Å². The van der Waals surface area contributed by atoms with Gasteiger partial charge in [-0.25, -0.2) is 4.79 Å². The first-order valence-electron chi connectivity index (χ1n) is 10.7. The van der Waals surface area contributed by atoms with Gasteiger partial charge in [0, 0.05) is 23.5 Å². The third kappa shape index (κ3) is 6.27. The van der Waals surface area contributed by atoms with E-state index in [1.807, 2.05) is 0 Å². The topological polar surface area (TPSA) is 130 Å². The van der Waals surface area contributed by atoms with E-state index in [4.69, 9.17) is 33.0 Å². The summed E-state index contributed by atoms with van der Waals surface area (Å²) in [4.78, 5) is 47.3. The van der Waals surface area contributed by atoms with Gasteiger partial charge in [0.2, 0.25) is 5.91 Å². The van der Waals surface area contributed by atoms with Crippen molar-refractivity contribution in [1.82, 2.24) is 5.32 Å². The van der Waals surface area contributed by atoms with Crippen molar-refractivity contribution in [2.45, 2.75) is 44.2 Å². The average molecular weight is 508 g/mol. The molecule has 0 heterocycles. The molecule has 1 fully saturated rings. The van der Waals surface area contributed by atoms with Gasteiger partial charge in [-0.15, -0.1) is 0 Å². The van der Waals surface area contributed by atoms with E-state index >= 15 is 0 Å². The van der Waals surface area contributed by atoms with Crippen LogP contribution in [0.2, 0.25) is 10.0 Å². The van der Waals surface area contributed by atoms with Crippen molar-refractivity contribution < 1.29 is 34.1 Å². The highest BCUT2D eigenvalue weighted by Crippen LogP contribution is 2.38. The van der Waals surface area contributed by atoms with Crippen molar-refractivity contribution in [3.05, 3.63) is 63.6 Å². The molecule has 1 amide bonds. The maximum atomic E-state index is 12.7. The lowest BCUT2D eigenvalue weighted by molar-refractivity contribution is -0.143. The lowest BCUT2D eigenvalue weighted by Crippen LogP contribution is -2.43. The summed E-state index contributed by atoms with van der Waals surface area (Å²) in [5.74, 6) is -3.35. The highest BCUT2D eigenvalue weighted by molar-refractivity contribution is 6.45. The number of carboxylic acids is 2. The number of carbonyl (C=O) groups excluding carboxylic acids is 2. The zero-order valence-corrected chi connectivity index (χ0v) is 19.5. The smallest absolute Gasteiger partial charge is 0.326 e. The van der Waals surface area contributed by atoms with Gasteiger partial charge in [0.15, 0.2) is 5.78 Å². The van der Waals surface area contributed by atoms with Crippen LogP contribution in [0.15, 0.2) is 42.5 Å². The Bertz CT molecular complexity index is 1090. The molecule has 0 bridgehead atoms. The number of carboxylic acid groups (broad SMARTS) is 2. The number of rotatable bonds is 10. The van der Waals surface area contributed by atoms with Crippen LogP contribution in [-0.4, -0.2) is 46.0 Å². The minimum Gasteiger partial charge on any atom is -0.489 e. The molecular formula is C24H23Cl2NO7. The van der Waals surface area contributed by atoms with Gasteiger partial charge in [-0.2, -0.15) is 0 Å². The third-order valence-electron chi connectivity index (χ3n) is 5.64. The molecule has 2 unspecified atom stereocenters. The summed E-state index contributed by atoms with van der Waals surface area (Å²) in [6.45, 7) is 0. The first-order valence-corrected chi connectivity index (χ1v) is 11.4. The fourth-order valence-electron chi connectivity index (χ4n) is 3.82. The molecule has 0 radical (unpaired) electrons. The number of carbonyl (C=O) groups is 4. The van der Waals surface area contributed by atoms with Crippen LogP contribution < -0.4 is 10.1 Å². The van der Waals surface area contributed by atoms with Crippen molar-refractivity contribution in [3.63, 3.8) is 0 Å². The summed E-state index contributed by atoms with van der Waals surface area (Å²) >= 11 is 12.7. The maximum absolute atomic E-state index is 12.7. The van der Waals surface area contributed by atoms with Crippen LogP contribution >= 0.6 is 23.2 Å². The molecule has 3 rings (SSSR count). The van der Waals surface area contributed by atoms with Gasteiger partial charge in [-0.3, -0.25) is 14.4 Å². The predicted molar refractivity (Wildman–Crippen MR) is 125 cm³/mol. The van der Waals surface area contributed by atoms with Gasteiger partial charge in [0.25, 0.3) is 0 Å². The molecule has 0 aromatic heterocycles. The highest BCUT2D eigenvalue weighted by Gasteiger charge is 2.34. The highest BCUT2D eigenvalue weighted by atomic mass is 35.5. The van der Waals surface area contributed by atoms with Crippen LogP contribution in [0.1, 0.15) is 48.0 Å². The number of ether oxygens (including phenoxy) is 1. The fraction of sp³-hybridized carbons (Fsp3) is 0.333. The van der Waals surface area contributed by atoms with E-state index in [-0.39, 0.29) is 46.1 Å². The number of halogens is 2. The lowest BCUT2D eigenvalue weighted by Gasteiger charge is -2.18. The minimum atomic E-state index is -1.29. The normalized spacial score (nSPS) is 18.2. The second-order valence-electron chi connectivity index (χ2n) is 8.02. The Kier molecular flexibility index (Phi) is 8.52. The Morgan fingerprint density at radius 1 is 1.00 bits per heavy atom. The first kappa shape index (κ1) is 25.5. The second kappa shape index (κ2) is 11.4. The Morgan fingerprint density at radius 2 is 1.71 bits per heavy atom. The molecule has 2 aromatic carbocycles. The molecule has 1 saturated carbocycles. The molecule has 3 N–H and O–H groups in total. The van der Waals surface area contributed by atoms with Crippen molar-refractivity contribution in [2.75, 3.05) is 0 Å². The van der Waals surface area contributed by atoms with Gasteiger partial charge in [0.05, 0.1) is 11.1 Å². The molecule has 34 heavy (non-hydrogen) atoms. The first-order chi connectivity index (χ1) is 16.2. The van der Waals surface area contributed by atoms with Gasteiger partial charge >= 0.3 is 11.9 Å². The van der Waals surface area contributed by atoms with E-state index in [1.165, 1.54) is 6.07 Å². The zero-order valence-electron chi connectivity index (χ0n) is 18.0. The van der Waals surface area contributed by atoms with Gasteiger partial charge in [0.1, 0.15) is 16.8 Å². The number of ketones is 1. The summed E-state index contributed by atoms with van der Waals surface area (Å²) in [5, 5.41) is 20.6. The SMILES string of the molecule is O=C(O)CC[C@H](NC(=O)C1CCC(Oc2ccc(C(=O)c3ccccc3)c(Cl)c2Cl)C1)C(=O)O. The third-order valence-corrected chi connectivity index (χ3v) is 6.50. The average Bonchev–Trinajstić information content (AvgIpc) is 3.28. The molecule has 3 atom stereocenters. The summed E-state index contributed by atoms with van der Waals surface area (Å²) in [6, 6.07) is 10.5. The molecule has 0 saturated heterocycles. The van der Waals surface area contributed by atoms with E-state index in [1.54, 1.807) is 36.4 Å². The Hall–Kier alpha value is -3.10. The summed E-state index contributed by atoms with van der Waals surface area (Å²) < 4.78 is 5.94. The number of benzene rings is 2. The Balaban J connectivity index is 1.62. The summed E-state index contributed by atoms with van der Waals surface area (Å²) in [7, 11) is 0. The number of hydrogen-bond acceptors (Lipinski definition) is 5. The molecular weight excluding hydrogens is 485 g/mol. The zero-order chi connectivity index (χ0) is 24.8. The van der Waals surface area contributed by atoms with Crippen LogP contribution in [0.4, 0.5) is 0 Å². The van der Waals surface area contributed by atoms with E-state index < -0.39 is 29.8 Å². The lowest BCUT2D eigenvalue weighted by atomic mass is 10.0. The summed E-state index contributed by atoms with van der Waals surface area (Å²) in [5.41, 5.74) is 0.719. The fourth-order valence-corrected chi connectivity index (χ4v) is 4.27. The van der Waals surface area contributed by atoms with Crippen LogP contribution in [-0.2, 0) is 14.4 Å². The summed E-state index contributed by atoms with van der Waals surface area (Å²) in [6.07, 6.45) is 0.403. The number of amides is 1. The van der Waals surface area contributed by atoms with Crippen LogP contribution in [0.25, 0.3) is 0 Å². The van der Waals surface area contributed by atoms with E-state index in [0.29, 0.717) is 24.8 Å². The Labute approximate surface area is 205 Å². The number of nitrogens with one attached hydrogen (secondary N) is 1. The minimum absolute atomic E-state index is 0.0723. The van der Waals surface area contributed by atoms with E-state index in [0.717, 1.165) is 0 Å². The van der Waals surface area contributed by atoms with Gasteiger partial charge < -0.3 is 20.3 Å². The monoisotopic (exact) mass is 507 g/mol. The van der Waals surface area contributed by atoms with Crippen LogP contribution in [0, 0.1) is 5.92 Å². The molecule has 10 heteroatoms. The van der Waals surface area contributed by atoms with Crippen molar-refractivity contribution >= 4 is 46.8 Å². The number of hydrogen-bond donors (Lipinski definition) is 3. The predicted octanol–water partition coefficient (Wildman–Crippen LogP) is 4.21. The quantitative estimate of drug-likeness (QED) is 0.410. The molecule has 0 spiro atoms. The van der Waals surface area contributed by atoms with E-state index in [9.17, 15) is 24.3 Å². The maximum Gasteiger partial charge on any atom is 0.326 e. The van der Waals surface area contributed by atoms with Crippen molar-refractivity contribution in [3.8, 4) is 5.75 Å². The van der Waals surface area contributed by atoms with E-state index in [2.05, 4.69) is 5.32 Å². The second-order valence-corrected chi connectivity index (χ2v) is 8.77. The molecule has 1 aliphatic rings. The molecule has 8 nitrogen and oxygen atoms in total. The number of aliphatic carboxylic acids is 2. The molecule has 2 aromatic rings. The molecule has 1 aliphatic carbocycles. The van der Waals surface area contributed by atoms with Crippen molar-refractivity contribution in [2.24, 2.45) is 5.92 Å². The molecule has 180 valence electrons. The standard InChI is InChI=1S/C24H23Cl2NO7/c25-20-16(22(30)13-4-2-1-3-5-13)8-10-18(21(20)26)34-15-7-6-14(12-15)23(31)27-17(24(32)33)9-11-19(28)29/h1-5,8,10,14-15,17H,6-7,9,11-12H2,(H,27,31)(H,28,29)(H,32,33)/t14?,15?,17-/m0/s1. The molecule has 0 aliphatic heterocycles. The van der Waals surface area contributed by atoms with Crippen molar-refractivity contribution in [1.29, 1.82) is 0 Å². The van der Waals surface area contributed by atoms with Gasteiger partial charge in [-0.05, 0) is 37.8 Å². The van der Waals surface area contributed by atoms with Crippen LogP contribution in [0.5, 0.6) is 5.75 Å². The largest absolute Gasteiger partial charge is 0.489 e.